The quantitative estimate of drug-likeness (QED) is 0.408. The Bertz CT molecular complexity index is 543. The second-order valence-corrected chi connectivity index (χ2v) is 10.2. The highest BCUT2D eigenvalue weighted by atomic mass is 16.7. The van der Waals surface area contributed by atoms with E-state index >= 15 is 0 Å². The van der Waals surface area contributed by atoms with Gasteiger partial charge in [0.05, 0.1) is 51.7 Å². The first-order chi connectivity index (χ1) is 14.4. The van der Waals surface area contributed by atoms with Gasteiger partial charge in [0.25, 0.3) is 0 Å². The number of hydrogen-bond donors (Lipinski definition) is 1. The van der Waals surface area contributed by atoms with Crippen LogP contribution in [0.15, 0.2) is 0 Å². The topological polar surface area (TPSA) is 83.5 Å². The van der Waals surface area contributed by atoms with Gasteiger partial charge in [0.2, 0.25) is 6.29 Å². The van der Waals surface area contributed by atoms with Gasteiger partial charge in [-0.2, -0.15) is 0 Å². The predicted molar refractivity (Wildman–Crippen MR) is 116 cm³/mol. The molecule has 0 aromatic heterocycles. The van der Waals surface area contributed by atoms with Crippen LogP contribution >= 0.6 is 0 Å². The average Bonchev–Trinajstić information content (AvgIpc) is 2.57. The number of aliphatic hydroxyl groups is 1. The Morgan fingerprint density at radius 1 is 1.06 bits per heavy atom. The van der Waals surface area contributed by atoms with Crippen LogP contribution in [-0.4, -0.2) is 92.5 Å². The lowest BCUT2D eigenvalue weighted by molar-refractivity contribution is -0.877. The van der Waals surface area contributed by atoms with Crippen LogP contribution in [0.4, 0.5) is 0 Å². The molecule has 31 heavy (non-hydrogen) atoms. The summed E-state index contributed by atoms with van der Waals surface area (Å²) in [6.45, 7) is 8.07. The third-order valence-electron chi connectivity index (χ3n) is 5.70. The van der Waals surface area contributed by atoms with Crippen LogP contribution in [0, 0.1) is 0 Å². The van der Waals surface area contributed by atoms with Crippen molar-refractivity contribution in [2.45, 2.75) is 115 Å². The van der Waals surface area contributed by atoms with Crippen molar-refractivity contribution in [3.8, 4) is 0 Å². The van der Waals surface area contributed by atoms with Crippen molar-refractivity contribution in [1.82, 2.24) is 0 Å². The zero-order chi connectivity index (χ0) is 23.2. The molecule has 1 N–H and O–H groups in total. The summed E-state index contributed by atoms with van der Waals surface area (Å²) in [7, 11) is 6.32. The number of carbonyl (C=O) groups is 1. The molecule has 2 rings (SSSR count). The largest absolute Gasteiger partial charge is 0.462 e. The number of carbonyl (C=O) groups excluding carboxylic acids is 1. The van der Waals surface area contributed by atoms with Gasteiger partial charge < -0.3 is 33.3 Å². The molecule has 0 saturated carbocycles. The Labute approximate surface area is 187 Å². The van der Waals surface area contributed by atoms with Crippen LogP contribution < -0.4 is 0 Å². The Morgan fingerprint density at radius 2 is 1.71 bits per heavy atom. The Balaban J connectivity index is 1.97. The van der Waals surface area contributed by atoms with Crippen molar-refractivity contribution in [2.75, 3.05) is 27.7 Å². The SMILES string of the molecule is CCC(CC(O)CC1CC(CC2CC(C)OC(C)O2)OC(C[N+](C)(C)C)O1)OC(C)=O. The van der Waals surface area contributed by atoms with Crippen molar-refractivity contribution in [3.63, 3.8) is 0 Å². The summed E-state index contributed by atoms with van der Waals surface area (Å²) < 4.78 is 30.2. The monoisotopic (exact) mass is 446 g/mol. The molecule has 0 spiro atoms. The van der Waals surface area contributed by atoms with Crippen molar-refractivity contribution < 1.29 is 38.1 Å². The lowest BCUT2D eigenvalue weighted by atomic mass is 9.95. The minimum atomic E-state index is -0.600. The van der Waals surface area contributed by atoms with Crippen molar-refractivity contribution >= 4 is 5.97 Å². The summed E-state index contributed by atoms with van der Waals surface area (Å²) >= 11 is 0. The van der Waals surface area contributed by atoms with E-state index in [0.717, 1.165) is 23.9 Å². The molecule has 2 aliphatic heterocycles. The standard InChI is InChI=1S/C23H44NO7/c1-8-19(28-16(3)25)10-18(26)11-21-13-22(31-23(30-21)14-24(5,6)7)12-20-9-15(2)27-17(4)29-20/h15,17-23,26H,8-14H2,1-7H3/q+1. The molecule has 0 aromatic carbocycles. The molecule has 8 unspecified atom stereocenters. The fraction of sp³-hybridized carbons (Fsp3) is 0.957. The maximum Gasteiger partial charge on any atom is 0.302 e. The fourth-order valence-corrected chi connectivity index (χ4v) is 4.50. The molecule has 0 aliphatic carbocycles. The minimum absolute atomic E-state index is 0.000409. The van der Waals surface area contributed by atoms with E-state index in [9.17, 15) is 9.90 Å². The highest BCUT2D eigenvalue weighted by Gasteiger charge is 2.37. The van der Waals surface area contributed by atoms with Gasteiger partial charge in [-0.05, 0) is 33.1 Å². The molecule has 0 bridgehead atoms. The lowest BCUT2D eigenvalue weighted by Crippen LogP contribution is -2.50. The number of ether oxygens (including phenoxy) is 5. The van der Waals surface area contributed by atoms with Gasteiger partial charge >= 0.3 is 5.97 Å². The Morgan fingerprint density at radius 3 is 2.29 bits per heavy atom. The second-order valence-electron chi connectivity index (χ2n) is 10.2. The molecule has 0 amide bonds. The number of quaternary nitrogens is 1. The molecule has 0 aromatic rings. The number of nitrogens with zero attached hydrogens (tertiary/aromatic N) is 1. The summed E-state index contributed by atoms with van der Waals surface area (Å²) in [6, 6.07) is 0. The Hall–Kier alpha value is -0.770. The van der Waals surface area contributed by atoms with E-state index in [0.29, 0.717) is 25.7 Å². The van der Waals surface area contributed by atoms with E-state index in [-0.39, 0.29) is 49.1 Å². The number of esters is 1. The molecule has 0 radical (unpaired) electrons. The first-order valence-corrected chi connectivity index (χ1v) is 11.7. The second kappa shape index (κ2) is 11.9. The van der Waals surface area contributed by atoms with Gasteiger partial charge in [-0.3, -0.25) is 4.79 Å². The maximum absolute atomic E-state index is 11.3. The molecule has 182 valence electrons. The highest BCUT2D eigenvalue weighted by molar-refractivity contribution is 5.66. The van der Waals surface area contributed by atoms with Gasteiger partial charge in [0.15, 0.2) is 6.29 Å². The van der Waals surface area contributed by atoms with Gasteiger partial charge in [-0.15, -0.1) is 0 Å². The van der Waals surface area contributed by atoms with Gasteiger partial charge in [0.1, 0.15) is 12.6 Å². The van der Waals surface area contributed by atoms with Gasteiger partial charge in [-0.1, -0.05) is 6.92 Å². The third-order valence-corrected chi connectivity index (χ3v) is 5.70. The van der Waals surface area contributed by atoms with Crippen LogP contribution in [0.3, 0.4) is 0 Å². The van der Waals surface area contributed by atoms with Crippen LogP contribution in [0.2, 0.25) is 0 Å². The molecular formula is C23H44NO7+. The van der Waals surface area contributed by atoms with Crippen LogP contribution in [0.1, 0.15) is 66.2 Å². The van der Waals surface area contributed by atoms with Crippen LogP contribution in [0.5, 0.6) is 0 Å². The van der Waals surface area contributed by atoms with E-state index in [1.165, 1.54) is 6.92 Å². The summed E-state index contributed by atoms with van der Waals surface area (Å²) in [6.07, 6.45) is 2.65. The number of hydrogen-bond acceptors (Lipinski definition) is 7. The zero-order valence-electron chi connectivity index (χ0n) is 20.4. The van der Waals surface area contributed by atoms with E-state index in [4.69, 9.17) is 23.7 Å². The lowest BCUT2D eigenvalue weighted by Gasteiger charge is -2.41. The maximum atomic E-state index is 11.3. The summed E-state index contributed by atoms with van der Waals surface area (Å²) in [5.74, 6) is -0.315. The molecule has 8 nitrogen and oxygen atoms in total. The smallest absolute Gasteiger partial charge is 0.302 e. The molecule has 2 heterocycles. The number of rotatable bonds is 10. The predicted octanol–water partition coefficient (Wildman–Crippen LogP) is 2.61. The minimum Gasteiger partial charge on any atom is -0.462 e. The average molecular weight is 447 g/mol. The van der Waals surface area contributed by atoms with Crippen LogP contribution in [-0.2, 0) is 28.5 Å². The highest BCUT2D eigenvalue weighted by Crippen LogP contribution is 2.30. The first-order valence-electron chi connectivity index (χ1n) is 11.7. The summed E-state index contributed by atoms with van der Waals surface area (Å²) in [5.41, 5.74) is 0. The molecule has 8 heteroatoms. The summed E-state index contributed by atoms with van der Waals surface area (Å²) in [4.78, 5) is 11.3. The molecule has 2 aliphatic rings. The fourth-order valence-electron chi connectivity index (χ4n) is 4.50. The third kappa shape index (κ3) is 10.1. The van der Waals surface area contributed by atoms with Crippen LogP contribution in [0.25, 0.3) is 0 Å². The molecular weight excluding hydrogens is 402 g/mol. The van der Waals surface area contributed by atoms with Crippen molar-refractivity contribution in [1.29, 1.82) is 0 Å². The molecule has 8 atom stereocenters. The van der Waals surface area contributed by atoms with E-state index < -0.39 is 6.10 Å². The zero-order valence-corrected chi connectivity index (χ0v) is 20.4. The van der Waals surface area contributed by atoms with E-state index in [1.807, 2.05) is 13.8 Å². The van der Waals surface area contributed by atoms with E-state index in [1.54, 1.807) is 0 Å². The van der Waals surface area contributed by atoms with Crippen molar-refractivity contribution in [2.24, 2.45) is 0 Å². The van der Waals surface area contributed by atoms with Gasteiger partial charge in [0, 0.05) is 26.2 Å². The first kappa shape index (κ1) is 26.5. The number of aliphatic hydroxyl groups excluding tert-OH is 1. The Kier molecular flexibility index (Phi) is 10.2. The number of likely N-dealkylation sites (N-methyl/N-ethyl adjacent to an activating group) is 1. The molecule has 2 saturated heterocycles. The van der Waals surface area contributed by atoms with Crippen molar-refractivity contribution in [3.05, 3.63) is 0 Å². The van der Waals surface area contributed by atoms with E-state index in [2.05, 4.69) is 28.1 Å². The normalized spacial score (nSPS) is 34.2. The summed E-state index contributed by atoms with van der Waals surface area (Å²) in [5, 5.41) is 10.7. The molecule has 2 fully saturated rings. The van der Waals surface area contributed by atoms with Gasteiger partial charge in [-0.25, -0.2) is 0 Å².